The summed E-state index contributed by atoms with van der Waals surface area (Å²) in [6.45, 7) is 0.257. The van der Waals surface area contributed by atoms with E-state index in [1.54, 1.807) is 47.4 Å². The molecular formula is C25H19N9O2. The van der Waals surface area contributed by atoms with Crippen molar-refractivity contribution < 1.29 is 9.32 Å². The molecule has 0 fully saturated rings. The minimum atomic E-state index is -0.215. The first kappa shape index (κ1) is 21.2. The van der Waals surface area contributed by atoms with Crippen LogP contribution < -0.4 is 10.6 Å². The quantitative estimate of drug-likeness (QED) is 0.315. The van der Waals surface area contributed by atoms with Gasteiger partial charge in [0.25, 0.3) is 5.91 Å². The van der Waals surface area contributed by atoms with Crippen LogP contribution in [-0.2, 0) is 6.54 Å². The molecule has 2 aromatic carbocycles. The van der Waals surface area contributed by atoms with Crippen LogP contribution in [0.4, 0.5) is 11.5 Å². The van der Waals surface area contributed by atoms with Crippen LogP contribution in [0.2, 0.25) is 0 Å². The molecule has 0 unspecified atom stereocenters. The average molecular weight is 477 g/mol. The normalized spacial score (nSPS) is 11.0. The van der Waals surface area contributed by atoms with Gasteiger partial charge in [0.2, 0.25) is 0 Å². The number of carbonyl (C=O) groups is 1. The molecule has 11 nitrogen and oxygen atoms in total. The van der Waals surface area contributed by atoms with Gasteiger partial charge in [-0.3, -0.25) is 9.89 Å². The van der Waals surface area contributed by atoms with Gasteiger partial charge in [0.15, 0.2) is 17.2 Å². The van der Waals surface area contributed by atoms with Crippen molar-refractivity contribution in [1.82, 2.24) is 40.3 Å². The first-order valence-corrected chi connectivity index (χ1v) is 11.1. The summed E-state index contributed by atoms with van der Waals surface area (Å²) >= 11 is 0. The number of rotatable bonds is 7. The Hall–Kier alpha value is -5.32. The van der Waals surface area contributed by atoms with Gasteiger partial charge in [0.1, 0.15) is 12.0 Å². The molecule has 0 aliphatic carbocycles. The predicted octanol–water partition coefficient (Wildman–Crippen LogP) is 3.84. The molecule has 36 heavy (non-hydrogen) atoms. The zero-order valence-corrected chi connectivity index (χ0v) is 18.8. The summed E-state index contributed by atoms with van der Waals surface area (Å²) in [6, 6.07) is 18.6. The van der Waals surface area contributed by atoms with E-state index in [2.05, 4.69) is 41.1 Å². The van der Waals surface area contributed by atoms with Crippen molar-refractivity contribution in [2.24, 2.45) is 0 Å². The van der Waals surface area contributed by atoms with Gasteiger partial charge in [0, 0.05) is 34.6 Å². The van der Waals surface area contributed by atoms with E-state index in [0.29, 0.717) is 28.5 Å². The van der Waals surface area contributed by atoms with Crippen molar-refractivity contribution in [3.63, 3.8) is 0 Å². The number of nitrogens with zero attached hydrogens (tertiary/aromatic N) is 6. The molecule has 176 valence electrons. The summed E-state index contributed by atoms with van der Waals surface area (Å²) in [6.07, 6.45) is 6.63. The van der Waals surface area contributed by atoms with Gasteiger partial charge in [-0.05, 0) is 24.3 Å². The zero-order valence-electron chi connectivity index (χ0n) is 18.8. The van der Waals surface area contributed by atoms with E-state index < -0.39 is 0 Å². The van der Waals surface area contributed by atoms with E-state index >= 15 is 0 Å². The molecule has 0 aliphatic heterocycles. The summed E-state index contributed by atoms with van der Waals surface area (Å²) in [4.78, 5) is 21.5. The van der Waals surface area contributed by atoms with Gasteiger partial charge in [-0.15, -0.1) is 0 Å². The zero-order chi connectivity index (χ0) is 24.3. The van der Waals surface area contributed by atoms with E-state index in [4.69, 9.17) is 4.52 Å². The number of anilines is 2. The molecule has 11 heteroatoms. The first-order valence-electron chi connectivity index (χ1n) is 11.1. The number of nitrogens with one attached hydrogen (secondary N) is 3. The molecule has 1 amide bonds. The maximum atomic E-state index is 12.6. The highest BCUT2D eigenvalue weighted by Gasteiger charge is 2.13. The maximum Gasteiger partial charge on any atom is 0.251 e. The third-order valence-electron chi connectivity index (χ3n) is 5.55. The minimum Gasteiger partial charge on any atom is -0.356 e. The summed E-state index contributed by atoms with van der Waals surface area (Å²) < 4.78 is 7.07. The van der Waals surface area contributed by atoms with E-state index in [1.165, 1.54) is 6.33 Å². The van der Waals surface area contributed by atoms with Crippen molar-refractivity contribution in [2.45, 2.75) is 6.54 Å². The highest BCUT2D eigenvalue weighted by atomic mass is 16.5. The Morgan fingerprint density at radius 3 is 2.67 bits per heavy atom. The lowest BCUT2D eigenvalue weighted by Gasteiger charge is -2.09. The molecule has 0 atom stereocenters. The number of aromatic amines is 1. The number of benzene rings is 2. The van der Waals surface area contributed by atoms with Crippen molar-refractivity contribution >= 4 is 23.1 Å². The molecule has 6 aromatic rings. The molecule has 0 radical (unpaired) electrons. The molecule has 0 bridgehead atoms. The molecule has 0 aliphatic rings. The Morgan fingerprint density at radius 1 is 1.00 bits per heavy atom. The van der Waals surface area contributed by atoms with Crippen LogP contribution in [-0.4, -0.2) is 40.8 Å². The predicted molar refractivity (Wildman–Crippen MR) is 131 cm³/mol. The van der Waals surface area contributed by atoms with Crippen molar-refractivity contribution in [2.75, 3.05) is 5.32 Å². The van der Waals surface area contributed by atoms with E-state index in [1.807, 2.05) is 36.4 Å². The minimum absolute atomic E-state index is 0.215. The second-order valence-electron chi connectivity index (χ2n) is 7.91. The van der Waals surface area contributed by atoms with E-state index in [-0.39, 0.29) is 12.5 Å². The summed E-state index contributed by atoms with van der Waals surface area (Å²) in [5.41, 5.74) is 5.02. The van der Waals surface area contributed by atoms with Crippen molar-refractivity contribution in [3.8, 4) is 22.6 Å². The molecule has 0 saturated carbocycles. The Labute approximate surface area is 204 Å². The lowest BCUT2D eigenvalue weighted by Crippen LogP contribution is -2.22. The van der Waals surface area contributed by atoms with Gasteiger partial charge in [-0.2, -0.15) is 10.2 Å². The lowest BCUT2D eigenvalue weighted by molar-refractivity contribution is 0.0950. The number of carbonyl (C=O) groups excluding carboxylic acids is 1. The molecule has 4 aromatic heterocycles. The smallest absolute Gasteiger partial charge is 0.251 e. The van der Waals surface area contributed by atoms with Crippen molar-refractivity contribution in [1.29, 1.82) is 0 Å². The third kappa shape index (κ3) is 4.16. The highest BCUT2D eigenvalue weighted by molar-refractivity contribution is 5.94. The number of fused-ring (bicyclic) bond motifs is 1. The van der Waals surface area contributed by atoms with Gasteiger partial charge in [-0.1, -0.05) is 35.5 Å². The maximum absolute atomic E-state index is 12.6. The molecular weight excluding hydrogens is 458 g/mol. The van der Waals surface area contributed by atoms with Gasteiger partial charge in [0.05, 0.1) is 24.6 Å². The fourth-order valence-corrected chi connectivity index (χ4v) is 3.74. The Balaban J connectivity index is 1.12. The lowest BCUT2D eigenvalue weighted by atomic mass is 10.1. The van der Waals surface area contributed by atoms with E-state index in [0.717, 1.165) is 22.5 Å². The standard InChI is InChI=1S/C25H19N9O2/c35-25(27-13-20-10-22(36-33-20)16-4-2-1-3-5-16)17-6-8-19(9-7-17)32-23-24-28-15-31-34(24)21(14-26-23)18-11-29-30-12-18/h1-12,14-15H,13H2,(H,26,32)(H,27,35)(H,29,30). The van der Waals surface area contributed by atoms with Crippen LogP contribution >= 0.6 is 0 Å². The highest BCUT2D eigenvalue weighted by Crippen LogP contribution is 2.24. The Kier molecular flexibility index (Phi) is 5.39. The average Bonchev–Trinajstić information content (AvgIpc) is 3.71. The summed E-state index contributed by atoms with van der Waals surface area (Å²) in [5.74, 6) is 0.980. The topological polar surface area (TPSA) is 139 Å². The number of hydrogen-bond acceptors (Lipinski definition) is 8. The van der Waals surface area contributed by atoms with Crippen LogP contribution in [0.1, 0.15) is 16.1 Å². The fraction of sp³-hybridized carbons (Fsp3) is 0.0400. The summed E-state index contributed by atoms with van der Waals surface area (Å²) in [5, 5.41) is 21.2. The number of hydrogen-bond donors (Lipinski definition) is 3. The second-order valence-corrected chi connectivity index (χ2v) is 7.91. The van der Waals surface area contributed by atoms with Crippen molar-refractivity contribution in [3.05, 3.63) is 96.8 Å². The van der Waals surface area contributed by atoms with Crippen LogP contribution in [0, 0.1) is 0 Å². The second kappa shape index (κ2) is 9.14. The summed E-state index contributed by atoms with van der Waals surface area (Å²) in [7, 11) is 0. The SMILES string of the molecule is O=C(NCc1cc(-c2ccccc2)on1)c1ccc(Nc2ncc(-c3cn[nH]c3)n3ncnc23)cc1. The first-order chi connectivity index (χ1) is 17.7. The Morgan fingerprint density at radius 2 is 1.86 bits per heavy atom. The third-order valence-corrected chi connectivity index (χ3v) is 5.55. The fourth-order valence-electron chi connectivity index (χ4n) is 3.74. The van der Waals surface area contributed by atoms with Gasteiger partial charge in [-0.25, -0.2) is 14.5 Å². The number of amides is 1. The van der Waals surface area contributed by atoms with Crippen LogP contribution in [0.3, 0.4) is 0 Å². The Bertz CT molecular complexity index is 1620. The van der Waals surface area contributed by atoms with Gasteiger partial charge < -0.3 is 15.2 Å². The van der Waals surface area contributed by atoms with Crippen LogP contribution in [0.25, 0.3) is 28.2 Å². The molecule has 4 heterocycles. The largest absolute Gasteiger partial charge is 0.356 e. The monoisotopic (exact) mass is 477 g/mol. The van der Waals surface area contributed by atoms with E-state index in [9.17, 15) is 4.79 Å². The van der Waals surface area contributed by atoms with Gasteiger partial charge >= 0.3 is 0 Å². The number of aromatic nitrogens is 7. The molecule has 0 spiro atoms. The molecule has 3 N–H and O–H groups in total. The molecule has 6 rings (SSSR count). The van der Waals surface area contributed by atoms with Crippen LogP contribution in [0.5, 0.6) is 0 Å². The van der Waals surface area contributed by atoms with Crippen LogP contribution in [0.15, 0.2) is 90.1 Å². The number of H-pyrrole nitrogens is 1. The molecule has 0 saturated heterocycles.